The molecule has 7 nitrogen and oxygen atoms in total. The molecule has 4 rings (SSSR count). The molecule has 1 N–H and O–H groups in total. The molecule has 0 unspecified atom stereocenters. The molecule has 1 spiro atoms. The average Bonchev–Trinajstić information content (AvgIpc) is 3.30. The van der Waals surface area contributed by atoms with E-state index in [2.05, 4.69) is 49.5 Å². The summed E-state index contributed by atoms with van der Waals surface area (Å²) >= 11 is 0. The molecule has 3 heterocycles. The largest absolute Gasteiger partial charge is 0.387 e. The van der Waals surface area contributed by atoms with E-state index in [4.69, 9.17) is 4.84 Å². The van der Waals surface area contributed by atoms with Crippen molar-refractivity contribution >= 4 is 23.0 Å². The highest BCUT2D eigenvalue weighted by molar-refractivity contribution is 6.43. The highest BCUT2D eigenvalue weighted by Gasteiger charge is 2.46. The van der Waals surface area contributed by atoms with E-state index in [-0.39, 0.29) is 11.5 Å². The number of amides is 1. The summed E-state index contributed by atoms with van der Waals surface area (Å²) < 4.78 is 0. The van der Waals surface area contributed by atoms with Gasteiger partial charge < -0.3 is 15.1 Å². The molecule has 1 saturated heterocycles. The number of hydrogen-bond donors (Lipinski definition) is 1. The highest BCUT2D eigenvalue weighted by atomic mass is 16.7. The maximum absolute atomic E-state index is 12.4. The van der Waals surface area contributed by atoms with E-state index in [1.54, 1.807) is 24.5 Å². The van der Waals surface area contributed by atoms with Crippen molar-refractivity contribution in [2.75, 3.05) is 37.4 Å². The molecular formula is C21H25N5O2. The normalized spacial score (nSPS) is 21.4. The SMILES string of the molecule is CN(C)c1ccc(CN2CC[C@]3(CC(C(=O)Nc4cccnc4)=NO3)C2)cc1. The first kappa shape index (κ1) is 18.4. The van der Waals surface area contributed by atoms with E-state index in [0.29, 0.717) is 17.8 Å². The number of nitrogens with zero attached hydrogens (tertiary/aromatic N) is 4. The van der Waals surface area contributed by atoms with Gasteiger partial charge >= 0.3 is 0 Å². The Morgan fingerprint density at radius 2 is 2.11 bits per heavy atom. The molecule has 1 atom stereocenters. The summed E-state index contributed by atoms with van der Waals surface area (Å²) in [5, 5.41) is 6.92. The summed E-state index contributed by atoms with van der Waals surface area (Å²) in [4.78, 5) is 26.7. The number of carbonyl (C=O) groups is 1. The second kappa shape index (κ2) is 7.59. The number of likely N-dealkylation sites (tertiary alicyclic amines) is 1. The Hall–Kier alpha value is -2.93. The van der Waals surface area contributed by atoms with E-state index in [1.165, 1.54) is 11.3 Å². The van der Waals surface area contributed by atoms with Crippen molar-refractivity contribution in [1.82, 2.24) is 9.88 Å². The molecule has 7 heteroatoms. The smallest absolute Gasteiger partial charge is 0.273 e. The first-order valence-electron chi connectivity index (χ1n) is 9.48. The van der Waals surface area contributed by atoms with Crippen LogP contribution in [0.4, 0.5) is 11.4 Å². The fourth-order valence-electron chi connectivity index (χ4n) is 3.72. The Bertz CT molecular complexity index is 866. The summed E-state index contributed by atoms with van der Waals surface area (Å²) in [5.41, 5.74) is 3.19. The third kappa shape index (κ3) is 3.99. The lowest BCUT2D eigenvalue weighted by Crippen LogP contribution is -2.35. The van der Waals surface area contributed by atoms with Crippen LogP contribution in [0.15, 0.2) is 53.9 Å². The first-order chi connectivity index (χ1) is 13.5. The van der Waals surface area contributed by atoms with E-state index < -0.39 is 0 Å². The van der Waals surface area contributed by atoms with Gasteiger partial charge in [0.2, 0.25) is 0 Å². The molecule has 2 aromatic rings. The number of oxime groups is 1. The van der Waals surface area contributed by atoms with Gasteiger partial charge in [-0.1, -0.05) is 17.3 Å². The van der Waals surface area contributed by atoms with Gasteiger partial charge in [-0.2, -0.15) is 0 Å². The van der Waals surface area contributed by atoms with Crippen molar-refractivity contribution < 1.29 is 9.63 Å². The minimum atomic E-state index is -0.384. The molecule has 1 aromatic heterocycles. The lowest BCUT2D eigenvalue weighted by atomic mass is 9.96. The van der Waals surface area contributed by atoms with Crippen molar-refractivity contribution in [2.24, 2.45) is 5.16 Å². The number of anilines is 2. The second-order valence-electron chi connectivity index (χ2n) is 7.71. The molecule has 146 valence electrons. The predicted molar refractivity (Wildman–Crippen MR) is 109 cm³/mol. The van der Waals surface area contributed by atoms with Gasteiger partial charge in [0.05, 0.1) is 11.9 Å². The molecule has 1 aromatic carbocycles. The molecule has 1 fully saturated rings. The molecule has 0 saturated carbocycles. The third-order valence-corrected chi connectivity index (χ3v) is 5.27. The highest BCUT2D eigenvalue weighted by Crippen LogP contribution is 2.34. The minimum Gasteiger partial charge on any atom is -0.387 e. The number of rotatable bonds is 5. The Balaban J connectivity index is 1.32. The zero-order valence-electron chi connectivity index (χ0n) is 16.3. The molecule has 0 radical (unpaired) electrons. The van der Waals surface area contributed by atoms with Crippen molar-refractivity contribution in [1.29, 1.82) is 0 Å². The predicted octanol–water partition coefficient (Wildman–Crippen LogP) is 2.51. The van der Waals surface area contributed by atoms with Crippen LogP contribution in [0, 0.1) is 0 Å². The molecule has 2 aliphatic heterocycles. The summed E-state index contributed by atoms with van der Waals surface area (Å²) in [6.45, 7) is 2.58. The van der Waals surface area contributed by atoms with Gasteiger partial charge in [-0.25, -0.2) is 0 Å². The number of hydrogen-bond acceptors (Lipinski definition) is 6. The van der Waals surface area contributed by atoms with Gasteiger partial charge in [0.15, 0.2) is 5.60 Å². The zero-order valence-corrected chi connectivity index (χ0v) is 16.3. The van der Waals surface area contributed by atoms with Crippen LogP contribution in [0.1, 0.15) is 18.4 Å². The van der Waals surface area contributed by atoms with Crippen LogP contribution in [0.5, 0.6) is 0 Å². The maximum atomic E-state index is 12.4. The van der Waals surface area contributed by atoms with E-state index >= 15 is 0 Å². The number of benzene rings is 1. The summed E-state index contributed by atoms with van der Waals surface area (Å²) in [6, 6.07) is 12.2. The lowest BCUT2D eigenvalue weighted by molar-refractivity contribution is -0.110. The van der Waals surface area contributed by atoms with E-state index in [1.807, 2.05) is 14.1 Å². The Morgan fingerprint density at radius 1 is 1.29 bits per heavy atom. The molecule has 28 heavy (non-hydrogen) atoms. The van der Waals surface area contributed by atoms with Gasteiger partial charge in [-0.05, 0) is 29.8 Å². The Morgan fingerprint density at radius 3 is 2.82 bits per heavy atom. The maximum Gasteiger partial charge on any atom is 0.273 e. The fourth-order valence-corrected chi connectivity index (χ4v) is 3.72. The van der Waals surface area contributed by atoms with E-state index in [9.17, 15) is 4.79 Å². The Labute approximate surface area is 165 Å². The standard InChI is InChI=1S/C21H25N5O2/c1-25(2)18-7-5-16(6-8-18)14-26-11-9-21(15-26)12-19(24-28-21)20(27)23-17-4-3-10-22-13-17/h3-8,10,13H,9,11-12,14-15H2,1-2H3,(H,23,27)/t21-/m0/s1. The van der Waals surface area contributed by atoms with Crippen molar-refractivity contribution in [3.63, 3.8) is 0 Å². The lowest BCUT2D eigenvalue weighted by Gasteiger charge is -2.22. The zero-order chi connectivity index (χ0) is 19.6. The molecule has 2 aliphatic rings. The molecule has 0 bridgehead atoms. The summed E-state index contributed by atoms with van der Waals surface area (Å²) in [5.74, 6) is -0.220. The quantitative estimate of drug-likeness (QED) is 0.864. The molecule has 0 aliphatic carbocycles. The van der Waals surface area contributed by atoms with E-state index in [0.717, 1.165) is 26.1 Å². The number of nitrogens with one attached hydrogen (secondary N) is 1. The Kier molecular flexibility index (Phi) is 5.00. The van der Waals surface area contributed by atoms with Gasteiger partial charge in [0, 0.05) is 58.5 Å². The van der Waals surface area contributed by atoms with Crippen LogP contribution >= 0.6 is 0 Å². The monoisotopic (exact) mass is 379 g/mol. The van der Waals surface area contributed by atoms with Crippen LogP contribution in [0.2, 0.25) is 0 Å². The first-order valence-corrected chi connectivity index (χ1v) is 9.48. The molecule has 1 amide bonds. The van der Waals surface area contributed by atoms with Crippen LogP contribution in [-0.2, 0) is 16.2 Å². The second-order valence-corrected chi connectivity index (χ2v) is 7.71. The van der Waals surface area contributed by atoms with Gasteiger partial charge in [-0.15, -0.1) is 0 Å². The third-order valence-electron chi connectivity index (χ3n) is 5.27. The average molecular weight is 379 g/mol. The van der Waals surface area contributed by atoms with Crippen LogP contribution in [0.25, 0.3) is 0 Å². The van der Waals surface area contributed by atoms with Crippen molar-refractivity contribution in [3.8, 4) is 0 Å². The fraction of sp³-hybridized carbons (Fsp3) is 0.381. The minimum absolute atomic E-state index is 0.220. The number of carbonyl (C=O) groups excluding carboxylic acids is 1. The van der Waals surface area contributed by atoms with Crippen molar-refractivity contribution in [3.05, 3.63) is 54.4 Å². The van der Waals surface area contributed by atoms with Crippen molar-refractivity contribution in [2.45, 2.75) is 25.0 Å². The van der Waals surface area contributed by atoms with Crippen LogP contribution in [-0.4, -0.2) is 54.3 Å². The summed E-state index contributed by atoms with van der Waals surface area (Å²) in [6.07, 6.45) is 4.69. The van der Waals surface area contributed by atoms with Crippen LogP contribution in [0.3, 0.4) is 0 Å². The van der Waals surface area contributed by atoms with Gasteiger partial charge in [0.1, 0.15) is 5.71 Å². The molecular weight excluding hydrogens is 354 g/mol. The van der Waals surface area contributed by atoms with Gasteiger partial charge in [0.25, 0.3) is 5.91 Å². The summed E-state index contributed by atoms with van der Waals surface area (Å²) in [7, 11) is 4.08. The van der Waals surface area contributed by atoms with Crippen LogP contribution < -0.4 is 10.2 Å². The van der Waals surface area contributed by atoms with Gasteiger partial charge in [-0.3, -0.25) is 14.7 Å². The number of pyridine rings is 1. The number of aromatic nitrogens is 1. The topological polar surface area (TPSA) is 70.1 Å².